The Morgan fingerprint density at radius 1 is 1.20 bits per heavy atom. The summed E-state index contributed by atoms with van der Waals surface area (Å²) in [4.78, 5) is 21.7. The number of carbonyl (C=O) groups is 1. The van der Waals surface area contributed by atoms with E-state index in [-0.39, 0.29) is 18.0 Å². The monoisotopic (exact) mass is 274 g/mol. The predicted octanol–water partition coefficient (Wildman–Crippen LogP) is 2.09. The van der Waals surface area contributed by atoms with Gasteiger partial charge in [-0.25, -0.2) is 0 Å². The molecule has 1 heterocycles. The molecule has 0 spiro atoms. The van der Waals surface area contributed by atoms with E-state index in [1.165, 1.54) is 12.1 Å². The van der Waals surface area contributed by atoms with Crippen LogP contribution in [0.3, 0.4) is 0 Å². The molecule has 1 amide bonds. The van der Waals surface area contributed by atoms with Crippen molar-refractivity contribution in [2.75, 3.05) is 6.54 Å². The summed E-state index contributed by atoms with van der Waals surface area (Å²) < 4.78 is 4.93. The van der Waals surface area contributed by atoms with Gasteiger partial charge in [-0.2, -0.15) is 0 Å². The molecule has 20 heavy (non-hydrogen) atoms. The van der Waals surface area contributed by atoms with Crippen LogP contribution in [0.1, 0.15) is 11.1 Å². The second-order valence-corrected chi connectivity index (χ2v) is 4.33. The van der Waals surface area contributed by atoms with Crippen LogP contribution in [0.2, 0.25) is 0 Å². The third-order valence-electron chi connectivity index (χ3n) is 2.83. The number of nitro groups is 1. The van der Waals surface area contributed by atoms with Gasteiger partial charge in [-0.1, -0.05) is 12.1 Å². The molecule has 0 atom stereocenters. The minimum Gasteiger partial charge on any atom is -0.472 e. The fourth-order valence-electron chi connectivity index (χ4n) is 1.76. The van der Waals surface area contributed by atoms with Crippen molar-refractivity contribution < 1.29 is 14.1 Å². The summed E-state index contributed by atoms with van der Waals surface area (Å²) in [6.07, 6.45) is 4.16. The van der Waals surface area contributed by atoms with E-state index >= 15 is 0 Å². The van der Waals surface area contributed by atoms with Crippen LogP contribution < -0.4 is 5.32 Å². The number of benzene rings is 1. The Morgan fingerprint density at radius 3 is 2.55 bits per heavy atom. The van der Waals surface area contributed by atoms with Crippen LogP contribution in [0, 0.1) is 10.1 Å². The van der Waals surface area contributed by atoms with Crippen LogP contribution in [-0.2, 0) is 17.6 Å². The summed E-state index contributed by atoms with van der Waals surface area (Å²) >= 11 is 0. The van der Waals surface area contributed by atoms with Crippen LogP contribution in [0.15, 0.2) is 47.3 Å². The number of carbonyl (C=O) groups excluding carboxylic acids is 1. The van der Waals surface area contributed by atoms with Crippen molar-refractivity contribution in [1.82, 2.24) is 5.32 Å². The molecule has 0 saturated heterocycles. The van der Waals surface area contributed by atoms with E-state index in [0.29, 0.717) is 13.0 Å². The van der Waals surface area contributed by atoms with Gasteiger partial charge in [-0.15, -0.1) is 0 Å². The Bertz CT molecular complexity index is 576. The first kappa shape index (κ1) is 13.8. The van der Waals surface area contributed by atoms with Crippen molar-refractivity contribution in [2.24, 2.45) is 0 Å². The van der Waals surface area contributed by atoms with Crippen molar-refractivity contribution in [3.8, 4) is 0 Å². The van der Waals surface area contributed by atoms with Crippen LogP contribution in [0.4, 0.5) is 5.69 Å². The van der Waals surface area contributed by atoms with Gasteiger partial charge in [0.1, 0.15) is 0 Å². The first-order valence-corrected chi connectivity index (χ1v) is 6.16. The van der Waals surface area contributed by atoms with Gasteiger partial charge in [-0.3, -0.25) is 14.9 Å². The van der Waals surface area contributed by atoms with E-state index in [2.05, 4.69) is 5.32 Å². The third-order valence-corrected chi connectivity index (χ3v) is 2.83. The highest BCUT2D eigenvalue weighted by molar-refractivity contribution is 5.78. The van der Waals surface area contributed by atoms with E-state index in [1.54, 1.807) is 24.7 Å². The van der Waals surface area contributed by atoms with Crippen molar-refractivity contribution in [3.63, 3.8) is 0 Å². The van der Waals surface area contributed by atoms with E-state index in [1.807, 2.05) is 6.07 Å². The van der Waals surface area contributed by atoms with Crippen LogP contribution in [-0.4, -0.2) is 17.4 Å². The molecule has 1 aromatic heterocycles. The Kier molecular flexibility index (Phi) is 4.49. The maximum Gasteiger partial charge on any atom is 0.269 e. The van der Waals surface area contributed by atoms with Crippen molar-refractivity contribution in [3.05, 3.63) is 64.1 Å². The van der Waals surface area contributed by atoms with Gasteiger partial charge in [0.2, 0.25) is 5.91 Å². The van der Waals surface area contributed by atoms with Gasteiger partial charge in [0.15, 0.2) is 0 Å². The highest BCUT2D eigenvalue weighted by Crippen LogP contribution is 2.12. The topological polar surface area (TPSA) is 85.4 Å². The molecule has 0 fully saturated rings. The van der Waals surface area contributed by atoms with Crippen LogP contribution in [0.5, 0.6) is 0 Å². The SMILES string of the molecule is O=C(Cc1ccc([N+](=O)[O-])cc1)NCCc1ccoc1. The number of hydrogen-bond acceptors (Lipinski definition) is 4. The Labute approximate surface area is 115 Å². The van der Waals surface area contributed by atoms with Crippen LogP contribution in [0.25, 0.3) is 0 Å². The minimum atomic E-state index is -0.464. The lowest BCUT2D eigenvalue weighted by atomic mass is 10.1. The average molecular weight is 274 g/mol. The molecule has 0 radical (unpaired) electrons. The second kappa shape index (κ2) is 6.51. The van der Waals surface area contributed by atoms with Gasteiger partial charge >= 0.3 is 0 Å². The average Bonchev–Trinajstić information content (AvgIpc) is 2.92. The molecule has 0 bridgehead atoms. The number of hydrogen-bond donors (Lipinski definition) is 1. The number of furan rings is 1. The van der Waals surface area contributed by atoms with Gasteiger partial charge in [-0.05, 0) is 23.6 Å². The summed E-state index contributed by atoms with van der Waals surface area (Å²) in [5.41, 5.74) is 1.80. The molecule has 0 aliphatic carbocycles. The number of nitro benzene ring substituents is 1. The molecule has 0 aliphatic heterocycles. The maximum atomic E-state index is 11.7. The molecular weight excluding hydrogens is 260 g/mol. The van der Waals surface area contributed by atoms with E-state index in [0.717, 1.165) is 11.1 Å². The van der Waals surface area contributed by atoms with E-state index in [4.69, 9.17) is 4.42 Å². The van der Waals surface area contributed by atoms with Crippen molar-refractivity contribution >= 4 is 11.6 Å². The Balaban J connectivity index is 1.77. The zero-order valence-corrected chi connectivity index (χ0v) is 10.7. The standard InChI is InChI=1S/C14H14N2O4/c17-14(15-7-5-12-6-8-20-10-12)9-11-1-3-13(4-2-11)16(18)19/h1-4,6,8,10H,5,7,9H2,(H,15,17). The molecule has 1 N–H and O–H groups in total. The van der Waals surface area contributed by atoms with Gasteiger partial charge in [0.25, 0.3) is 5.69 Å². The molecular formula is C14H14N2O4. The molecule has 6 nitrogen and oxygen atoms in total. The first-order valence-electron chi connectivity index (χ1n) is 6.16. The third kappa shape index (κ3) is 3.94. The highest BCUT2D eigenvalue weighted by Gasteiger charge is 2.07. The van der Waals surface area contributed by atoms with E-state index in [9.17, 15) is 14.9 Å². The second-order valence-electron chi connectivity index (χ2n) is 4.33. The van der Waals surface area contributed by atoms with Gasteiger partial charge in [0.05, 0.1) is 23.9 Å². The van der Waals surface area contributed by atoms with Crippen molar-refractivity contribution in [1.29, 1.82) is 0 Å². The molecule has 1 aromatic carbocycles. The summed E-state index contributed by atoms with van der Waals surface area (Å²) in [6.45, 7) is 0.533. The molecule has 2 aromatic rings. The zero-order valence-electron chi connectivity index (χ0n) is 10.7. The number of rotatable bonds is 6. The summed E-state index contributed by atoms with van der Waals surface area (Å²) in [7, 11) is 0. The van der Waals surface area contributed by atoms with E-state index < -0.39 is 4.92 Å². The molecule has 2 rings (SSSR count). The first-order chi connectivity index (χ1) is 9.65. The predicted molar refractivity (Wildman–Crippen MR) is 72.2 cm³/mol. The lowest BCUT2D eigenvalue weighted by molar-refractivity contribution is -0.384. The fraction of sp³-hybridized carbons (Fsp3) is 0.214. The van der Waals surface area contributed by atoms with Crippen LogP contribution >= 0.6 is 0 Å². The van der Waals surface area contributed by atoms with Gasteiger partial charge in [0, 0.05) is 18.7 Å². The normalized spacial score (nSPS) is 10.2. The summed E-state index contributed by atoms with van der Waals surface area (Å²) in [5.74, 6) is -0.109. The summed E-state index contributed by atoms with van der Waals surface area (Å²) in [6, 6.07) is 7.83. The van der Waals surface area contributed by atoms with Crippen molar-refractivity contribution in [2.45, 2.75) is 12.8 Å². The zero-order chi connectivity index (χ0) is 14.4. The lowest BCUT2D eigenvalue weighted by Gasteiger charge is -2.04. The smallest absolute Gasteiger partial charge is 0.269 e. The quantitative estimate of drug-likeness (QED) is 0.645. The molecule has 0 aliphatic rings. The number of nitrogens with one attached hydrogen (secondary N) is 1. The lowest BCUT2D eigenvalue weighted by Crippen LogP contribution is -2.27. The number of non-ortho nitro benzene ring substituents is 1. The molecule has 104 valence electrons. The Hall–Kier alpha value is -2.63. The minimum absolute atomic E-state index is 0.0223. The largest absolute Gasteiger partial charge is 0.472 e. The Morgan fingerprint density at radius 2 is 1.95 bits per heavy atom. The fourth-order valence-corrected chi connectivity index (χ4v) is 1.76. The number of nitrogens with zero attached hydrogens (tertiary/aromatic N) is 1. The highest BCUT2D eigenvalue weighted by atomic mass is 16.6. The molecule has 6 heteroatoms. The summed E-state index contributed by atoms with van der Waals surface area (Å²) in [5, 5.41) is 13.3. The molecule has 0 unspecified atom stereocenters. The number of amides is 1. The van der Waals surface area contributed by atoms with Gasteiger partial charge < -0.3 is 9.73 Å². The maximum absolute atomic E-state index is 11.7. The molecule has 0 saturated carbocycles.